The molecule has 1 aliphatic heterocycles. The van der Waals surface area contributed by atoms with Gasteiger partial charge in [0.25, 0.3) is 0 Å². The van der Waals surface area contributed by atoms with Gasteiger partial charge in [0.2, 0.25) is 0 Å². The predicted molar refractivity (Wildman–Crippen MR) is 55.3 cm³/mol. The standard InChI is InChI=1S/C11H16N2/c1-9(2)8-10-11-4-3-6-13(11)7-5-12-10/h3-4,6,9H,5,7-8H2,1-2H3. The molecule has 0 saturated carbocycles. The van der Waals surface area contributed by atoms with Gasteiger partial charge in [-0.1, -0.05) is 13.8 Å². The molecule has 0 radical (unpaired) electrons. The van der Waals surface area contributed by atoms with Gasteiger partial charge >= 0.3 is 0 Å². The van der Waals surface area contributed by atoms with Crippen molar-refractivity contribution in [2.45, 2.75) is 26.8 Å². The lowest BCUT2D eigenvalue weighted by Crippen LogP contribution is -2.18. The van der Waals surface area contributed by atoms with Crippen LogP contribution >= 0.6 is 0 Å². The van der Waals surface area contributed by atoms with E-state index in [0.29, 0.717) is 5.92 Å². The monoisotopic (exact) mass is 176 g/mol. The van der Waals surface area contributed by atoms with Crippen molar-refractivity contribution in [1.29, 1.82) is 0 Å². The van der Waals surface area contributed by atoms with E-state index in [4.69, 9.17) is 0 Å². The molecular weight excluding hydrogens is 160 g/mol. The summed E-state index contributed by atoms with van der Waals surface area (Å²) in [6.45, 7) is 6.47. The number of hydrogen-bond acceptors (Lipinski definition) is 1. The molecule has 0 amide bonds. The third-order valence-electron chi connectivity index (χ3n) is 2.37. The van der Waals surface area contributed by atoms with Gasteiger partial charge in [0.15, 0.2) is 0 Å². The lowest BCUT2D eigenvalue weighted by atomic mass is 10.0. The van der Waals surface area contributed by atoms with E-state index < -0.39 is 0 Å². The second-order valence-corrected chi connectivity index (χ2v) is 4.01. The molecule has 0 aromatic carbocycles. The first kappa shape index (κ1) is 8.54. The largest absolute Gasteiger partial charge is 0.345 e. The van der Waals surface area contributed by atoms with Crippen molar-refractivity contribution in [3.05, 3.63) is 24.0 Å². The van der Waals surface area contributed by atoms with Crippen molar-refractivity contribution < 1.29 is 0 Å². The molecule has 70 valence electrons. The van der Waals surface area contributed by atoms with Crippen molar-refractivity contribution in [2.24, 2.45) is 10.9 Å². The second kappa shape index (κ2) is 3.36. The number of rotatable bonds is 2. The van der Waals surface area contributed by atoms with E-state index >= 15 is 0 Å². The summed E-state index contributed by atoms with van der Waals surface area (Å²) in [5.41, 5.74) is 2.60. The Labute approximate surface area is 79.3 Å². The van der Waals surface area contributed by atoms with Gasteiger partial charge in [0, 0.05) is 12.7 Å². The fourth-order valence-corrected chi connectivity index (χ4v) is 1.80. The van der Waals surface area contributed by atoms with Crippen LogP contribution in [0.1, 0.15) is 26.0 Å². The average molecular weight is 176 g/mol. The Morgan fingerprint density at radius 3 is 3.15 bits per heavy atom. The van der Waals surface area contributed by atoms with E-state index in [1.54, 1.807) is 0 Å². The van der Waals surface area contributed by atoms with Gasteiger partial charge in [-0.2, -0.15) is 0 Å². The molecule has 1 aromatic heterocycles. The summed E-state index contributed by atoms with van der Waals surface area (Å²) in [6.07, 6.45) is 3.24. The van der Waals surface area contributed by atoms with Crippen LogP contribution in [-0.2, 0) is 6.54 Å². The van der Waals surface area contributed by atoms with Crippen molar-refractivity contribution in [2.75, 3.05) is 6.54 Å². The molecule has 0 saturated heterocycles. The summed E-state index contributed by atoms with van der Waals surface area (Å²) in [7, 11) is 0. The van der Waals surface area contributed by atoms with Gasteiger partial charge in [-0.05, 0) is 24.5 Å². The Balaban J connectivity index is 2.25. The van der Waals surface area contributed by atoms with Crippen LogP contribution in [0.25, 0.3) is 0 Å². The zero-order valence-electron chi connectivity index (χ0n) is 8.33. The van der Waals surface area contributed by atoms with Crippen LogP contribution in [0.2, 0.25) is 0 Å². The minimum atomic E-state index is 0.695. The zero-order chi connectivity index (χ0) is 9.26. The van der Waals surface area contributed by atoms with Gasteiger partial charge < -0.3 is 4.57 Å². The fourth-order valence-electron chi connectivity index (χ4n) is 1.80. The highest BCUT2D eigenvalue weighted by molar-refractivity contribution is 5.99. The van der Waals surface area contributed by atoms with Crippen LogP contribution in [0.4, 0.5) is 0 Å². The van der Waals surface area contributed by atoms with Crippen molar-refractivity contribution in [3.63, 3.8) is 0 Å². The van der Waals surface area contributed by atoms with Crippen molar-refractivity contribution in [1.82, 2.24) is 4.57 Å². The molecule has 1 aromatic rings. The van der Waals surface area contributed by atoms with Crippen LogP contribution in [0, 0.1) is 5.92 Å². The topological polar surface area (TPSA) is 17.3 Å². The number of nitrogens with zero attached hydrogens (tertiary/aromatic N) is 2. The van der Waals surface area contributed by atoms with E-state index in [9.17, 15) is 0 Å². The number of hydrogen-bond donors (Lipinski definition) is 0. The smallest absolute Gasteiger partial charge is 0.0621 e. The molecule has 2 rings (SSSR count). The maximum Gasteiger partial charge on any atom is 0.0621 e. The van der Waals surface area contributed by atoms with Crippen LogP contribution in [-0.4, -0.2) is 16.8 Å². The first-order valence-electron chi connectivity index (χ1n) is 4.96. The minimum absolute atomic E-state index is 0.695. The summed E-state index contributed by atoms with van der Waals surface area (Å²) in [6, 6.07) is 4.27. The first-order chi connectivity index (χ1) is 6.27. The summed E-state index contributed by atoms with van der Waals surface area (Å²) < 4.78 is 2.30. The van der Waals surface area contributed by atoms with Crippen LogP contribution in [0.15, 0.2) is 23.3 Å². The summed E-state index contributed by atoms with van der Waals surface area (Å²) >= 11 is 0. The summed E-state index contributed by atoms with van der Waals surface area (Å²) in [4.78, 5) is 4.58. The Morgan fingerprint density at radius 2 is 2.38 bits per heavy atom. The number of fused-ring (bicyclic) bond motifs is 1. The molecule has 0 N–H and O–H groups in total. The van der Waals surface area contributed by atoms with Crippen LogP contribution < -0.4 is 0 Å². The molecule has 0 unspecified atom stereocenters. The van der Waals surface area contributed by atoms with E-state index in [-0.39, 0.29) is 0 Å². The second-order valence-electron chi connectivity index (χ2n) is 4.01. The van der Waals surface area contributed by atoms with Crippen molar-refractivity contribution in [3.8, 4) is 0 Å². The maximum absolute atomic E-state index is 4.58. The molecule has 13 heavy (non-hydrogen) atoms. The molecule has 2 heterocycles. The molecule has 1 aliphatic rings. The normalized spacial score (nSPS) is 15.8. The Morgan fingerprint density at radius 1 is 1.54 bits per heavy atom. The Bertz CT molecular complexity index is 321. The van der Waals surface area contributed by atoms with Crippen molar-refractivity contribution >= 4 is 5.71 Å². The van der Waals surface area contributed by atoms with E-state index in [2.05, 4.69) is 41.7 Å². The zero-order valence-corrected chi connectivity index (χ0v) is 8.33. The lowest BCUT2D eigenvalue weighted by Gasteiger charge is -2.17. The highest BCUT2D eigenvalue weighted by Gasteiger charge is 2.13. The molecule has 2 heteroatoms. The van der Waals surface area contributed by atoms with Crippen LogP contribution in [0.3, 0.4) is 0 Å². The SMILES string of the molecule is CC(C)CC1=NCCn2cccc21. The highest BCUT2D eigenvalue weighted by Crippen LogP contribution is 2.15. The van der Waals surface area contributed by atoms with Gasteiger partial charge in [-0.25, -0.2) is 0 Å². The summed E-state index contributed by atoms with van der Waals surface area (Å²) in [5, 5.41) is 0. The lowest BCUT2D eigenvalue weighted by molar-refractivity contribution is 0.647. The third-order valence-corrected chi connectivity index (χ3v) is 2.37. The third kappa shape index (κ3) is 1.67. The van der Waals surface area contributed by atoms with Gasteiger partial charge in [0.05, 0.1) is 18.0 Å². The molecule has 0 spiro atoms. The van der Waals surface area contributed by atoms with E-state index in [1.807, 2.05) is 0 Å². The number of aliphatic imine (C=N–C) groups is 1. The molecular formula is C11H16N2. The molecule has 2 nitrogen and oxygen atoms in total. The minimum Gasteiger partial charge on any atom is -0.345 e. The average Bonchev–Trinajstić information content (AvgIpc) is 2.51. The fraction of sp³-hybridized carbons (Fsp3) is 0.545. The predicted octanol–water partition coefficient (Wildman–Crippen LogP) is 2.34. The first-order valence-corrected chi connectivity index (χ1v) is 4.96. The molecule has 0 bridgehead atoms. The van der Waals surface area contributed by atoms with Gasteiger partial charge in [-0.3, -0.25) is 4.99 Å². The number of aromatic nitrogens is 1. The molecule has 0 fully saturated rings. The van der Waals surface area contributed by atoms with Crippen LogP contribution in [0.5, 0.6) is 0 Å². The Kier molecular flexibility index (Phi) is 2.21. The van der Waals surface area contributed by atoms with Gasteiger partial charge in [0.1, 0.15) is 0 Å². The molecule has 0 atom stereocenters. The maximum atomic E-state index is 4.58. The highest BCUT2D eigenvalue weighted by atomic mass is 15.0. The van der Waals surface area contributed by atoms with Gasteiger partial charge in [-0.15, -0.1) is 0 Å². The Hall–Kier alpha value is -1.05. The quantitative estimate of drug-likeness (QED) is 0.658. The molecule has 0 aliphatic carbocycles. The van der Waals surface area contributed by atoms with E-state index in [0.717, 1.165) is 19.5 Å². The van der Waals surface area contributed by atoms with E-state index in [1.165, 1.54) is 11.4 Å². The summed E-state index contributed by atoms with van der Waals surface area (Å²) in [5.74, 6) is 0.695.